The Morgan fingerprint density at radius 3 is 2.42 bits per heavy atom. The first-order chi connectivity index (χ1) is 8.79. The molecule has 0 aliphatic rings. The highest BCUT2D eigenvalue weighted by Gasteiger charge is 2.17. The van der Waals surface area contributed by atoms with E-state index in [9.17, 15) is 14.0 Å². The zero-order chi connectivity index (χ0) is 14.5. The largest absolute Gasteiger partial charge is 0.459 e. The second kappa shape index (κ2) is 6.70. The molecule has 0 aromatic heterocycles. The zero-order valence-corrected chi connectivity index (χ0v) is 12.1. The lowest BCUT2D eigenvalue weighted by Crippen LogP contribution is -2.25. The van der Waals surface area contributed by atoms with E-state index in [-0.39, 0.29) is 28.8 Å². The lowest BCUT2D eigenvalue weighted by atomic mass is 10.1. The Bertz CT molecular complexity index is 466. The van der Waals surface area contributed by atoms with Gasteiger partial charge in [0.25, 0.3) is 0 Å². The molecule has 0 fully saturated rings. The summed E-state index contributed by atoms with van der Waals surface area (Å²) in [6, 6.07) is 5.81. The number of ketones is 1. The van der Waals surface area contributed by atoms with Crippen molar-refractivity contribution in [3.63, 3.8) is 0 Å². The SMILES string of the molecule is CC(C)(C)OC(=O)CSCC(=O)c1ccccc1F. The number of hydrogen-bond donors (Lipinski definition) is 0. The summed E-state index contributed by atoms with van der Waals surface area (Å²) in [5.74, 6) is -1.10. The number of thioether (sulfide) groups is 1. The van der Waals surface area contributed by atoms with Crippen LogP contribution in [0.25, 0.3) is 0 Å². The number of esters is 1. The molecular weight excluding hydrogens is 267 g/mol. The van der Waals surface area contributed by atoms with Gasteiger partial charge in [0.15, 0.2) is 5.78 Å². The fourth-order valence-corrected chi connectivity index (χ4v) is 2.03. The standard InChI is InChI=1S/C14H17FO3S/c1-14(2,3)18-13(17)9-19-8-12(16)10-6-4-5-7-11(10)15/h4-7H,8-9H2,1-3H3. The first-order valence-corrected chi connectivity index (χ1v) is 7.02. The van der Waals surface area contributed by atoms with Gasteiger partial charge in [0.05, 0.1) is 17.1 Å². The molecule has 0 radical (unpaired) electrons. The molecule has 0 amide bonds. The first-order valence-electron chi connectivity index (χ1n) is 5.87. The molecule has 0 saturated heterocycles. The van der Waals surface area contributed by atoms with Crippen molar-refractivity contribution in [1.82, 2.24) is 0 Å². The molecule has 104 valence electrons. The maximum absolute atomic E-state index is 13.3. The van der Waals surface area contributed by atoms with Gasteiger partial charge in [-0.2, -0.15) is 0 Å². The molecule has 0 saturated carbocycles. The molecule has 0 aliphatic heterocycles. The minimum Gasteiger partial charge on any atom is -0.459 e. The number of hydrogen-bond acceptors (Lipinski definition) is 4. The third kappa shape index (κ3) is 5.87. The minimum absolute atomic E-state index is 0.0548. The van der Waals surface area contributed by atoms with E-state index < -0.39 is 11.4 Å². The predicted octanol–water partition coefficient (Wildman–Crippen LogP) is 3.08. The summed E-state index contributed by atoms with van der Waals surface area (Å²) in [6.45, 7) is 5.33. The summed E-state index contributed by atoms with van der Waals surface area (Å²) in [5.41, 5.74) is -0.480. The molecule has 0 aliphatic carbocycles. The molecule has 1 aromatic carbocycles. The molecule has 0 N–H and O–H groups in total. The molecule has 0 heterocycles. The van der Waals surface area contributed by atoms with Crippen molar-refractivity contribution in [2.75, 3.05) is 11.5 Å². The molecule has 0 spiro atoms. The first kappa shape index (κ1) is 15.7. The molecule has 0 bridgehead atoms. The van der Waals surface area contributed by atoms with Crippen molar-refractivity contribution in [2.45, 2.75) is 26.4 Å². The number of halogens is 1. The van der Waals surface area contributed by atoms with E-state index in [4.69, 9.17) is 4.74 Å². The smallest absolute Gasteiger partial charge is 0.316 e. The van der Waals surface area contributed by atoms with E-state index in [1.165, 1.54) is 18.2 Å². The van der Waals surface area contributed by atoms with Gasteiger partial charge in [-0.15, -0.1) is 11.8 Å². The fourth-order valence-electron chi connectivity index (χ4n) is 1.36. The molecule has 3 nitrogen and oxygen atoms in total. The van der Waals surface area contributed by atoms with E-state index in [1.807, 2.05) is 0 Å². The van der Waals surface area contributed by atoms with Crippen LogP contribution in [0.5, 0.6) is 0 Å². The normalized spacial score (nSPS) is 11.2. The van der Waals surface area contributed by atoms with Crippen LogP contribution in [0.15, 0.2) is 24.3 Å². The quantitative estimate of drug-likeness (QED) is 0.615. The van der Waals surface area contributed by atoms with Crippen LogP contribution >= 0.6 is 11.8 Å². The van der Waals surface area contributed by atoms with Crippen molar-refractivity contribution >= 4 is 23.5 Å². The Morgan fingerprint density at radius 2 is 1.84 bits per heavy atom. The Labute approximate surface area is 116 Å². The number of benzene rings is 1. The van der Waals surface area contributed by atoms with Gasteiger partial charge in [-0.3, -0.25) is 9.59 Å². The number of carbonyl (C=O) groups excluding carboxylic acids is 2. The summed E-state index contributed by atoms with van der Waals surface area (Å²) in [5, 5.41) is 0. The van der Waals surface area contributed by atoms with Crippen LogP contribution in [0.1, 0.15) is 31.1 Å². The van der Waals surface area contributed by atoms with Gasteiger partial charge in [-0.05, 0) is 32.9 Å². The Hall–Kier alpha value is -1.36. The lowest BCUT2D eigenvalue weighted by Gasteiger charge is -2.19. The van der Waals surface area contributed by atoms with Crippen molar-refractivity contribution in [3.05, 3.63) is 35.6 Å². The second-order valence-corrected chi connectivity index (χ2v) is 5.97. The number of ether oxygens (including phenoxy) is 1. The molecule has 5 heteroatoms. The van der Waals surface area contributed by atoms with Gasteiger partial charge < -0.3 is 4.74 Å². The van der Waals surface area contributed by atoms with Gasteiger partial charge in [0, 0.05) is 0 Å². The van der Waals surface area contributed by atoms with Crippen molar-refractivity contribution in [1.29, 1.82) is 0 Å². The van der Waals surface area contributed by atoms with Crippen LogP contribution < -0.4 is 0 Å². The topological polar surface area (TPSA) is 43.4 Å². The minimum atomic E-state index is -0.537. The van der Waals surface area contributed by atoms with E-state index in [0.29, 0.717) is 0 Å². The Morgan fingerprint density at radius 1 is 1.21 bits per heavy atom. The summed E-state index contributed by atoms with van der Waals surface area (Å²) in [6.07, 6.45) is 0. The van der Waals surface area contributed by atoms with Gasteiger partial charge >= 0.3 is 5.97 Å². The van der Waals surface area contributed by atoms with Crippen molar-refractivity contribution < 1.29 is 18.7 Å². The highest BCUT2D eigenvalue weighted by molar-refractivity contribution is 8.00. The molecule has 19 heavy (non-hydrogen) atoms. The Kier molecular flexibility index (Phi) is 5.54. The van der Waals surface area contributed by atoms with Crippen LogP contribution in [-0.2, 0) is 9.53 Å². The molecule has 1 rings (SSSR count). The predicted molar refractivity (Wildman–Crippen MR) is 73.9 cm³/mol. The van der Waals surface area contributed by atoms with Gasteiger partial charge in [-0.1, -0.05) is 12.1 Å². The van der Waals surface area contributed by atoms with E-state index >= 15 is 0 Å². The van der Waals surface area contributed by atoms with E-state index in [0.717, 1.165) is 11.8 Å². The van der Waals surface area contributed by atoms with Crippen molar-refractivity contribution in [3.8, 4) is 0 Å². The highest BCUT2D eigenvalue weighted by atomic mass is 32.2. The van der Waals surface area contributed by atoms with Gasteiger partial charge in [0.1, 0.15) is 11.4 Å². The van der Waals surface area contributed by atoms with Crippen molar-refractivity contribution in [2.24, 2.45) is 0 Å². The number of rotatable bonds is 5. The summed E-state index contributed by atoms with van der Waals surface area (Å²) in [7, 11) is 0. The second-order valence-electron chi connectivity index (χ2n) is 4.98. The van der Waals surface area contributed by atoms with Gasteiger partial charge in [0.2, 0.25) is 0 Å². The Balaban J connectivity index is 2.40. The molecular formula is C14H17FO3S. The fraction of sp³-hybridized carbons (Fsp3) is 0.429. The average molecular weight is 284 g/mol. The summed E-state index contributed by atoms with van der Waals surface area (Å²) >= 11 is 1.12. The van der Waals surface area contributed by atoms with Crippen LogP contribution in [0.3, 0.4) is 0 Å². The van der Waals surface area contributed by atoms with Crippen LogP contribution in [0, 0.1) is 5.82 Å². The number of Topliss-reactive ketones (excluding diaryl/α,β-unsaturated/α-hetero) is 1. The van der Waals surface area contributed by atoms with Crippen LogP contribution in [0.4, 0.5) is 4.39 Å². The summed E-state index contributed by atoms with van der Waals surface area (Å²) < 4.78 is 18.4. The maximum Gasteiger partial charge on any atom is 0.316 e. The van der Waals surface area contributed by atoms with Crippen LogP contribution in [-0.4, -0.2) is 28.9 Å². The molecule has 0 unspecified atom stereocenters. The number of carbonyl (C=O) groups is 2. The van der Waals surface area contributed by atoms with E-state index in [2.05, 4.69) is 0 Å². The highest BCUT2D eigenvalue weighted by Crippen LogP contribution is 2.13. The third-order valence-electron chi connectivity index (χ3n) is 2.05. The summed E-state index contributed by atoms with van der Waals surface area (Å²) in [4.78, 5) is 23.1. The van der Waals surface area contributed by atoms with Gasteiger partial charge in [-0.25, -0.2) is 4.39 Å². The maximum atomic E-state index is 13.3. The monoisotopic (exact) mass is 284 g/mol. The third-order valence-corrected chi connectivity index (χ3v) is 2.95. The van der Waals surface area contributed by atoms with Crippen LogP contribution in [0.2, 0.25) is 0 Å². The lowest BCUT2D eigenvalue weighted by molar-refractivity contribution is -0.151. The van der Waals surface area contributed by atoms with E-state index in [1.54, 1.807) is 26.8 Å². The molecule has 1 aromatic rings. The molecule has 0 atom stereocenters. The average Bonchev–Trinajstić information content (AvgIpc) is 2.26. The zero-order valence-electron chi connectivity index (χ0n) is 11.2.